The van der Waals surface area contributed by atoms with Gasteiger partial charge in [-0.15, -0.1) is 0 Å². The molecule has 2 unspecified atom stereocenters. The third-order valence-corrected chi connectivity index (χ3v) is 3.19. The van der Waals surface area contributed by atoms with E-state index in [1.54, 1.807) is 18.7 Å². The molecule has 1 heterocycles. The number of carbonyl (C=O) groups is 2. The van der Waals surface area contributed by atoms with E-state index in [1.165, 1.54) is 0 Å². The predicted molar refractivity (Wildman–Crippen MR) is 69.4 cm³/mol. The molecule has 1 aliphatic heterocycles. The Morgan fingerprint density at radius 1 is 1.28 bits per heavy atom. The van der Waals surface area contributed by atoms with Crippen LogP contribution in [-0.2, 0) is 4.79 Å². The molecule has 104 valence electrons. The molecule has 2 amide bonds. The van der Waals surface area contributed by atoms with Crippen molar-refractivity contribution in [3.05, 3.63) is 0 Å². The molecule has 0 bridgehead atoms. The Kier molecular flexibility index (Phi) is 4.59. The number of hydrogen-bond acceptors (Lipinski definition) is 2. The average Bonchev–Trinajstić information content (AvgIpc) is 2.12. The second-order valence-electron chi connectivity index (χ2n) is 6.24. The first-order valence-corrected chi connectivity index (χ1v) is 6.48. The highest BCUT2D eigenvalue weighted by Crippen LogP contribution is 2.21. The van der Waals surface area contributed by atoms with Crippen molar-refractivity contribution in [1.82, 2.24) is 10.2 Å². The maximum atomic E-state index is 12.1. The molecule has 0 aromatic heterocycles. The Bertz CT molecular complexity index is 318. The van der Waals surface area contributed by atoms with Crippen LogP contribution in [0.25, 0.3) is 0 Å². The Balaban J connectivity index is 2.56. The number of amides is 2. The molecule has 0 spiro atoms. The summed E-state index contributed by atoms with van der Waals surface area (Å²) in [7, 11) is 0. The number of piperidine rings is 1. The van der Waals surface area contributed by atoms with E-state index in [9.17, 15) is 9.59 Å². The standard InChI is InChI=1S/C13H24N2O3/c1-9-5-10(2)8-15(7-9)12(18)14-13(3,4)6-11(16)17/h9-10H,5-8H2,1-4H3,(H,14,18)(H,16,17). The van der Waals surface area contributed by atoms with Gasteiger partial charge < -0.3 is 15.3 Å². The summed E-state index contributed by atoms with van der Waals surface area (Å²) in [5, 5.41) is 11.6. The molecule has 5 heteroatoms. The fourth-order valence-electron chi connectivity index (χ4n) is 2.62. The van der Waals surface area contributed by atoms with Gasteiger partial charge in [-0.05, 0) is 32.1 Å². The summed E-state index contributed by atoms with van der Waals surface area (Å²) in [6.07, 6.45) is 1.07. The van der Waals surface area contributed by atoms with Crippen LogP contribution in [0.3, 0.4) is 0 Å². The highest BCUT2D eigenvalue weighted by molar-refractivity contribution is 5.76. The van der Waals surface area contributed by atoms with E-state index < -0.39 is 11.5 Å². The lowest BCUT2D eigenvalue weighted by atomic mass is 9.92. The minimum Gasteiger partial charge on any atom is -0.481 e. The van der Waals surface area contributed by atoms with Crippen molar-refractivity contribution in [1.29, 1.82) is 0 Å². The number of nitrogens with zero attached hydrogens (tertiary/aromatic N) is 1. The smallest absolute Gasteiger partial charge is 0.317 e. The molecule has 0 aromatic carbocycles. The van der Waals surface area contributed by atoms with Crippen LogP contribution in [0.5, 0.6) is 0 Å². The van der Waals surface area contributed by atoms with Crippen molar-refractivity contribution in [2.75, 3.05) is 13.1 Å². The summed E-state index contributed by atoms with van der Waals surface area (Å²) in [4.78, 5) is 24.6. The molecule has 1 rings (SSSR count). The lowest BCUT2D eigenvalue weighted by molar-refractivity contribution is -0.138. The molecule has 1 saturated heterocycles. The second kappa shape index (κ2) is 5.59. The quantitative estimate of drug-likeness (QED) is 0.810. The van der Waals surface area contributed by atoms with Gasteiger partial charge >= 0.3 is 12.0 Å². The van der Waals surface area contributed by atoms with Crippen LogP contribution < -0.4 is 5.32 Å². The van der Waals surface area contributed by atoms with E-state index in [2.05, 4.69) is 19.2 Å². The highest BCUT2D eigenvalue weighted by atomic mass is 16.4. The van der Waals surface area contributed by atoms with Crippen LogP contribution in [0.2, 0.25) is 0 Å². The van der Waals surface area contributed by atoms with Gasteiger partial charge in [0.25, 0.3) is 0 Å². The van der Waals surface area contributed by atoms with Crippen LogP contribution in [0.15, 0.2) is 0 Å². The Hall–Kier alpha value is -1.26. The van der Waals surface area contributed by atoms with E-state index >= 15 is 0 Å². The SMILES string of the molecule is CC1CC(C)CN(C(=O)NC(C)(C)CC(=O)O)C1. The molecular weight excluding hydrogens is 232 g/mol. The molecule has 5 nitrogen and oxygen atoms in total. The number of carbonyl (C=O) groups excluding carboxylic acids is 1. The lowest BCUT2D eigenvalue weighted by Gasteiger charge is -2.37. The van der Waals surface area contributed by atoms with Gasteiger partial charge in [-0.1, -0.05) is 13.8 Å². The normalized spacial score (nSPS) is 24.8. The third-order valence-electron chi connectivity index (χ3n) is 3.19. The molecular formula is C13H24N2O3. The lowest BCUT2D eigenvalue weighted by Crippen LogP contribution is -2.54. The van der Waals surface area contributed by atoms with Crippen molar-refractivity contribution < 1.29 is 14.7 Å². The largest absolute Gasteiger partial charge is 0.481 e. The van der Waals surface area contributed by atoms with Crippen LogP contribution in [0, 0.1) is 11.8 Å². The van der Waals surface area contributed by atoms with Gasteiger partial charge in [0.05, 0.1) is 6.42 Å². The van der Waals surface area contributed by atoms with Crippen LogP contribution in [-0.4, -0.2) is 40.6 Å². The summed E-state index contributed by atoms with van der Waals surface area (Å²) in [6.45, 7) is 9.24. The molecule has 1 fully saturated rings. The van der Waals surface area contributed by atoms with Gasteiger partial charge in [0, 0.05) is 18.6 Å². The number of carboxylic acids is 1. The molecule has 18 heavy (non-hydrogen) atoms. The molecule has 2 N–H and O–H groups in total. The summed E-state index contributed by atoms with van der Waals surface area (Å²) in [5.74, 6) is 0.102. The minimum atomic E-state index is -0.902. The molecule has 0 aliphatic carbocycles. The molecule has 0 saturated carbocycles. The first kappa shape index (κ1) is 14.8. The van der Waals surface area contributed by atoms with Gasteiger partial charge in [-0.3, -0.25) is 4.79 Å². The number of likely N-dealkylation sites (tertiary alicyclic amines) is 1. The van der Waals surface area contributed by atoms with E-state index in [1.807, 2.05) is 0 Å². The Labute approximate surface area is 109 Å². The average molecular weight is 256 g/mol. The summed E-state index contributed by atoms with van der Waals surface area (Å²) < 4.78 is 0. The number of hydrogen-bond donors (Lipinski definition) is 2. The maximum Gasteiger partial charge on any atom is 0.317 e. The van der Waals surface area contributed by atoms with E-state index in [-0.39, 0.29) is 12.5 Å². The van der Waals surface area contributed by atoms with Crippen LogP contribution >= 0.6 is 0 Å². The minimum absolute atomic E-state index is 0.0717. The van der Waals surface area contributed by atoms with Gasteiger partial charge in [0.2, 0.25) is 0 Å². The van der Waals surface area contributed by atoms with Crippen molar-refractivity contribution in [2.45, 2.75) is 46.1 Å². The van der Waals surface area contributed by atoms with Gasteiger partial charge in [0.15, 0.2) is 0 Å². The Morgan fingerprint density at radius 3 is 2.22 bits per heavy atom. The fraction of sp³-hybridized carbons (Fsp3) is 0.846. The van der Waals surface area contributed by atoms with E-state index in [4.69, 9.17) is 5.11 Å². The summed E-state index contributed by atoms with van der Waals surface area (Å²) in [6, 6.07) is -0.153. The monoisotopic (exact) mass is 256 g/mol. The van der Waals surface area contributed by atoms with Crippen molar-refractivity contribution in [3.8, 4) is 0 Å². The van der Waals surface area contributed by atoms with E-state index in [0.29, 0.717) is 11.8 Å². The van der Waals surface area contributed by atoms with Crippen molar-refractivity contribution in [3.63, 3.8) is 0 Å². The van der Waals surface area contributed by atoms with Gasteiger partial charge in [-0.2, -0.15) is 0 Å². The number of nitrogens with one attached hydrogen (secondary N) is 1. The van der Waals surface area contributed by atoms with Crippen molar-refractivity contribution in [2.24, 2.45) is 11.8 Å². The molecule has 1 aliphatic rings. The second-order valence-corrected chi connectivity index (χ2v) is 6.24. The zero-order valence-corrected chi connectivity index (χ0v) is 11.7. The first-order valence-electron chi connectivity index (χ1n) is 6.48. The van der Waals surface area contributed by atoms with E-state index in [0.717, 1.165) is 19.5 Å². The van der Waals surface area contributed by atoms with Crippen LogP contribution in [0.4, 0.5) is 4.79 Å². The topological polar surface area (TPSA) is 69.6 Å². The van der Waals surface area contributed by atoms with Crippen LogP contribution in [0.1, 0.15) is 40.5 Å². The zero-order chi connectivity index (χ0) is 13.9. The number of rotatable bonds is 3. The molecule has 0 aromatic rings. The highest BCUT2D eigenvalue weighted by Gasteiger charge is 2.30. The number of aliphatic carboxylic acids is 1. The fourth-order valence-corrected chi connectivity index (χ4v) is 2.62. The first-order chi connectivity index (χ1) is 8.19. The third kappa shape index (κ3) is 4.55. The van der Waals surface area contributed by atoms with Gasteiger partial charge in [0.1, 0.15) is 0 Å². The zero-order valence-electron chi connectivity index (χ0n) is 11.7. The number of urea groups is 1. The maximum absolute atomic E-state index is 12.1. The summed E-state index contributed by atoms with van der Waals surface area (Å²) in [5.41, 5.74) is -0.715. The molecule has 2 atom stereocenters. The van der Waals surface area contributed by atoms with Crippen molar-refractivity contribution >= 4 is 12.0 Å². The Morgan fingerprint density at radius 2 is 1.78 bits per heavy atom. The summed E-state index contributed by atoms with van der Waals surface area (Å²) >= 11 is 0. The predicted octanol–water partition coefficient (Wildman–Crippen LogP) is 1.93. The molecule has 0 radical (unpaired) electrons. The van der Waals surface area contributed by atoms with Gasteiger partial charge in [-0.25, -0.2) is 4.79 Å². The number of carboxylic acid groups (broad SMARTS) is 1.